The van der Waals surface area contributed by atoms with E-state index >= 15 is 0 Å². The molecule has 1 saturated heterocycles. The quantitative estimate of drug-likeness (QED) is 0.918. The second-order valence-corrected chi connectivity index (χ2v) is 5.94. The fourth-order valence-electron chi connectivity index (χ4n) is 2.19. The third-order valence-electron chi connectivity index (χ3n) is 3.35. The molecule has 0 bridgehead atoms. The highest BCUT2D eigenvalue weighted by Gasteiger charge is 2.22. The van der Waals surface area contributed by atoms with Gasteiger partial charge in [-0.1, -0.05) is 0 Å². The number of nitrogens with zero attached hydrogens (tertiary/aromatic N) is 1. The van der Waals surface area contributed by atoms with Crippen LogP contribution in [0.3, 0.4) is 0 Å². The van der Waals surface area contributed by atoms with Crippen molar-refractivity contribution in [1.29, 1.82) is 0 Å². The van der Waals surface area contributed by atoms with Crippen LogP contribution in [0, 0.1) is 5.82 Å². The first-order valence-electron chi connectivity index (χ1n) is 6.61. The number of hydrogen-bond donors (Lipinski definition) is 1. The van der Waals surface area contributed by atoms with Gasteiger partial charge in [0.1, 0.15) is 5.82 Å². The Hall–Kier alpha value is -0.650. The molecule has 1 aromatic rings. The van der Waals surface area contributed by atoms with E-state index in [9.17, 15) is 4.39 Å². The van der Waals surface area contributed by atoms with Gasteiger partial charge in [-0.25, -0.2) is 4.39 Å². The molecule has 106 valence electrons. The zero-order chi connectivity index (χ0) is 13.8. The molecule has 1 aliphatic rings. The molecule has 1 heterocycles. The predicted molar refractivity (Wildman–Crippen MR) is 79.0 cm³/mol. The molecule has 0 amide bonds. The Morgan fingerprint density at radius 2 is 2.32 bits per heavy atom. The van der Waals surface area contributed by atoms with Crippen LogP contribution < -0.4 is 5.32 Å². The minimum Gasteiger partial charge on any atom is -0.381 e. The third-order valence-corrected chi connectivity index (χ3v) is 4.01. The zero-order valence-electron chi connectivity index (χ0n) is 11.3. The Bertz CT molecular complexity index is 428. The summed E-state index contributed by atoms with van der Waals surface area (Å²) < 4.78 is 19.5. The first-order chi connectivity index (χ1) is 9.06. The molecule has 2 rings (SSSR count). The molecule has 1 atom stereocenters. The number of anilines is 1. The lowest BCUT2D eigenvalue weighted by Gasteiger charge is -2.35. The molecular weight excluding hydrogens is 311 g/mol. The van der Waals surface area contributed by atoms with Gasteiger partial charge in [-0.3, -0.25) is 4.90 Å². The normalized spacial score (nSPS) is 20.8. The summed E-state index contributed by atoms with van der Waals surface area (Å²) in [6.45, 7) is 7.83. The van der Waals surface area contributed by atoms with Crippen molar-refractivity contribution in [3.05, 3.63) is 28.5 Å². The molecule has 3 nitrogen and oxygen atoms in total. The number of benzene rings is 1. The summed E-state index contributed by atoms with van der Waals surface area (Å²) in [5.41, 5.74) is 0.895. The van der Waals surface area contributed by atoms with E-state index in [1.807, 2.05) is 0 Å². The number of rotatable bonds is 4. The van der Waals surface area contributed by atoms with Gasteiger partial charge in [0.25, 0.3) is 0 Å². The van der Waals surface area contributed by atoms with E-state index in [0.717, 1.165) is 36.4 Å². The summed E-state index contributed by atoms with van der Waals surface area (Å²) >= 11 is 3.35. The predicted octanol–water partition coefficient (Wildman–Crippen LogP) is 3.11. The molecule has 1 aromatic carbocycles. The van der Waals surface area contributed by atoms with Gasteiger partial charge in [-0.2, -0.15) is 0 Å². The van der Waals surface area contributed by atoms with Crippen LogP contribution in [-0.4, -0.2) is 43.3 Å². The van der Waals surface area contributed by atoms with Gasteiger partial charge in [0, 0.05) is 35.8 Å². The molecule has 19 heavy (non-hydrogen) atoms. The standard InChI is InChI=1S/C14H20BrFN2O/c1-10(2)18-5-6-19-12(9-18)8-17-14-4-3-11(16)7-13(14)15/h3-4,7,10,12,17H,5-6,8-9H2,1-2H3. The van der Waals surface area contributed by atoms with E-state index in [0.29, 0.717) is 6.04 Å². The SMILES string of the molecule is CC(C)N1CCOC(CNc2ccc(F)cc2Br)C1. The van der Waals surface area contributed by atoms with Gasteiger partial charge in [0.15, 0.2) is 0 Å². The fourth-order valence-corrected chi connectivity index (χ4v) is 2.68. The van der Waals surface area contributed by atoms with Crippen molar-refractivity contribution < 1.29 is 9.13 Å². The molecule has 0 aliphatic carbocycles. The highest BCUT2D eigenvalue weighted by molar-refractivity contribution is 9.10. The molecule has 1 fully saturated rings. The van der Waals surface area contributed by atoms with Gasteiger partial charge in [0.2, 0.25) is 0 Å². The summed E-state index contributed by atoms with van der Waals surface area (Å²) in [4.78, 5) is 2.41. The fraction of sp³-hybridized carbons (Fsp3) is 0.571. The lowest BCUT2D eigenvalue weighted by Crippen LogP contribution is -2.48. The van der Waals surface area contributed by atoms with Crippen molar-refractivity contribution in [1.82, 2.24) is 4.90 Å². The number of morpholine rings is 1. The van der Waals surface area contributed by atoms with Gasteiger partial charge in [0.05, 0.1) is 12.7 Å². The highest BCUT2D eigenvalue weighted by Crippen LogP contribution is 2.23. The maximum atomic E-state index is 13.0. The van der Waals surface area contributed by atoms with Crippen LogP contribution in [0.4, 0.5) is 10.1 Å². The largest absolute Gasteiger partial charge is 0.381 e. The van der Waals surface area contributed by atoms with Crippen LogP contribution in [0.15, 0.2) is 22.7 Å². The average Bonchev–Trinajstić information content (AvgIpc) is 2.38. The number of hydrogen-bond acceptors (Lipinski definition) is 3. The molecule has 5 heteroatoms. The van der Waals surface area contributed by atoms with Crippen molar-refractivity contribution in [2.45, 2.75) is 26.0 Å². The van der Waals surface area contributed by atoms with E-state index in [2.05, 4.69) is 40.0 Å². The first kappa shape index (κ1) is 14.8. The van der Waals surface area contributed by atoms with E-state index in [1.165, 1.54) is 12.1 Å². The van der Waals surface area contributed by atoms with Crippen LogP contribution in [0.2, 0.25) is 0 Å². The minimum absolute atomic E-state index is 0.174. The topological polar surface area (TPSA) is 24.5 Å². The molecule has 0 radical (unpaired) electrons. The van der Waals surface area contributed by atoms with Gasteiger partial charge in [-0.05, 0) is 48.0 Å². The van der Waals surface area contributed by atoms with Crippen LogP contribution in [-0.2, 0) is 4.74 Å². The van der Waals surface area contributed by atoms with Crippen molar-refractivity contribution in [2.24, 2.45) is 0 Å². The zero-order valence-corrected chi connectivity index (χ0v) is 12.9. The summed E-state index contributed by atoms with van der Waals surface area (Å²) in [7, 11) is 0. The molecule has 1 unspecified atom stereocenters. The lowest BCUT2D eigenvalue weighted by atomic mass is 10.2. The molecule has 1 N–H and O–H groups in total. The molecule has 1 aliphatic heterocycles. The monoisotopic (exact) mass is 330 g/mol. The number of halogens is 2. The molecule has 0 aromatic heterocycles. The molecular formula is C14H20BrFN2O. The Morgan fingerprint density at radius 3 is 3.00 bits per heavy atom. The van der Waals surface area contributed by atoms with Crippen molar-refractivity contribution in [2.75, 3.05) is 31.6 Å². The third kappa shape index (κ3) is 4.16. The highest BCUT2D eigenvalue weighted by atomic mass is 79.9. The van der Waals surface area contributed by atoms with Crippen LogP contribution in [0.5, 0.6) is 0 Å². The van der Waals surface area contributed by atoms with E-state index in [4.69, 9.17) is 4.74 Å². The van der Waals surface area contributed by atoms with Crippen molar-refractivity contribution in [3.8, 4) is 0 Å². The maximum Gasteiger partial charge on any atom is 0.124 e. The molecule has 0 saturated carbocycles. The van der Waals surface area contributed by atoms with E-state index < -0.39 is 0 Å². The second kappa shape index (κ2) is 6.68. The van der Waals surface area contributed by atoms with Gasteiger partial charge >= 0.3 is 0 Å². The second-order valence-electron chi connectivity index (χ2n) is 5.09. The summed E-state index contributed by atoms with van der Waals surface area (Å²) in [5.74, 6) is -0.239. The van der Waals surface area contributed by atoms with Crippen molar-refractivity contribution in [3.63, 3.8) is 0 Å². The Balaban J connectivity index is 1.88. The Labute approximate surface area is 122 Å². The van der Waals surface area contributed by atoms with Gasteiger partial charge < -0.3 is 10.1 Å². The summed E-state index contributed by atoms with van der Waals surface area (Å²) in [6.07, 6.45) is 0.174. The summed E-state index contributed by atoms with van der Waals surface area (Å²) in [5, 5.41) is 3.30. The number of nitrogens with one attached hydrogen (secondary N) is 1. The van der Waals surface area contributed by atoms with E-state index in [1.54, 1.807) is 6.07 Å². The first-order valence-corrected chi connectivity index (χ1v) is 7.40. The lowest BCUT2D eigenvalue weighted by molar-refractivity contribution is -0.0315. The molecule has 0 spiro atoms. The average molecular weight is 331 g/mol. The van der Waals surface area contributed by atoms with Gasteiger partial charge in [-0.15, -0.1) is 0 Å². The van der Waals surface area contributed by atoms with Crippen LogP contribution in [0.25, 0.3) is 0 Å². The Kier molecular flexibility index (Phi) is 5.19. The van der Waals surface area contributed by atoms with E-state index in [-0.39, 0.29) is 11.9 Å². The van der Waals surface area contributed by atoms with Crippen LogP contribution in [0.1, 0.15) is 13.8 Å². The smallest absolute Gasteiger partial charge is 0.124 e. The van der Waals surface area contributed by atoms with Crippen molar-refractivity contribution >= 4 is 21.6 Å². The maximum absolute atomic E-state index is 13.0. The number of ether oxygens (including phenoxy) is 1. The Morgan fingerprint density at radius 1 is 1.53 bits per heavy atom. The van der Waals surface area contributed by atoms with Crippen LogP contribution >= 0.6 is 15.9 Å². The minimum atomic E-state index is -0.239. The summed E-state index contributed by atoms with van der Waals surface area (Å²) in [6, 6.07) is 5.20.